The Bertz CT molecular complexity index is 636. The van der Waals surface area contributed by atoms with Crippen LogP contribution in [0.25, 0.3) is 11.3 Å². The van der Waals surface area contributed by atoms with E-state index in [1.165, 1.54) is 31.4 Å². The van der Waals surface area contributed by atoms with Crippen LogP contribution in [0.2, 0.25) is 0 Å². The number of nitro benzene ring substituents is 1. The first-order valence-corrected chi connectivity index (χ1v) is 7.07. The first kappa shape index (κ1) is 13.5. The maximum atomic E-state index is 10.7. The Kier molecular flexibility index (Phi) is 3.77. The van der Waals surface area contributed by atoms with E-state index < -0.39 is 4.92 Å². The summed E-state index contributed by atoms with van der Waals surface area (Å²) in [7, 11) is 0. The van der Waals surface area contributed by atoms with Crippen LogP contribution in [0.1, 0.15) is 19.3 Å². The molecular formula is C15H16N4O2. The van der Waals surface area contributed by atoms with Crippen LogP contribution >= 0.6 is 0 Å². The average molecular weight is 284 g/mol. The minimum Gasteiger partial charge on any atom is -0.341 e. The van der Waals surface area contributed by atoms with Gasteiger partial charge in [-0.2, -0.15) is 0 Å². The van der Waals surface area contributed by atoms with E-state index in [1.807, 2.05) is 6.07 Å². The number of nitro groups is 1. The fourth-order valence-corrected chi connectivity index (χ4v) is 2.51. The largest absolute Gasteiger partial charge is 0.341 e. The van der Waals surface area contributed by atoms with Gasteiger partial charge in [-0.15, -0.1) is 0 Å². The lowest BCUT2D eigenvalue weighted by Gasteiger charge is -2.26. The molecule has 21 heavy (non-hydrogen) atoms. The summed E-state index contributed by atoms with van der Waals surface area (Å²) in [6, 6.07) is 8.27. The third-order valence-electron chi connectivity index (χ3n) is 3.66. The third kappa shape index (κ3) is 2.99. The van der Waals surface area contributed by atoms with Crippen LogP contribution in [0.4, 0.5) is 11.6 Å². The second-order valence-electron chi connectivity index (χ2n) is 5.09. The molecule has 0 bridgehead atoms. The molecule has 0 N–H and O–H groups in total. The number of aromatic nitrogens is 2. The molecule has 0 saturated carbocycles. The Labute approximate surface area is 122 Å². The molecule has 6 heteroatoms. The molecule has 1 saturated heterocycles. The minimum atomic E-state index is -0.400. The van der Waals surface area contributed by atoms with E-state index in [4.69, 9.17) is 0 Å². The highest BCUT2D eigenvalue weighted by atomic mass is 16.6. The number of hydrogen-bond acceptors (Lipinski definition) is 5. The average Bonchev–Trinajstić information content (AvgIpc) is 2.56. The Morgan fingerprint density at radius 1 is 1.05 bits per heavy atom. The molecule has 0 atom stereocenters. The van der Waals surface area contributed by atoms with Gasteiger partial charge in [-0.25, -0.2) is 9.97 Å². The molecular weight excluding hydrogens is 268 g/mol. The quantitative estimate of drug-likeness (QED) is 0.640. The molecule has 0 amide bonds. The van der Waals surface area contributed by atoms with Crippen LogP contribution in [-0.4, -0.2) is 28.0 Å². The van der Waals surface area contributed by atoms with E-state index in [1.54, 1.807) is 18.3 Å². The zero-order valence-electron chi connectivity index (χ0n) is 11.6. The van der Waals surface area contributed by atoms with Crippen LogP contribution < -0.4 is 4.90 Å². The number of hydrogen-bond donors (Lipinski definition) is 0. The van der Waals surface area contributed by atoms with Gasteiger partial charge in [0.05, 0.1) is 10.6 Å². The standard InChI is InChI=1S/C15H16N4O2/c20-19(21)13-6-4-12(5-7-13)14-8-9-16-15(17-14)18-10-2-1-3-11-18/h4-9H,1-3,10-11H2. The van der Waals surface area contributed by atoms with Crippen LogP contribution in [-0.2, 0) is 0 Å². The van der Waals surface area contributed by atoms with Crippen molar-refractivity contribution < 1.29 is 4.92 Å². The van der Waals surface area contributed by atoms with Gasteiger partial charge in [-0.3, -0.25) is 10.1 Å². The van der Waals surface area contributed by atoms with Crippen molar-refractivity contribution in [3.05, 3.63) is 46.6 Å². The molecule has 0 aliphatic carbocycles. The van der Waals surface area contributed by atoms with E-state index in [-0.39, 0.29) is 5.69 Å². The number of rotatable bonds is 3. The molecule has 0 radical (unpaired) electrons. The van der Waals surface area contributed by atoms with E-state index in [9.17, 15) is 10.1 Å². The number of anilines is 1. The van der Waals surface area contributed by atoms with Gasteiger partial charge in [-0.1, -0.05) is 0 Å². The van der Waals surface area contributed by atoms with Crippen molar-refractivity contribution >= 4 is 11.6 Å². The smallest absolute Gasteiger partial charge is 0.269 e. The molecule has 3 rings (SSSR count). The summed E-state index contributed by atoms with van der Waals surface area (Å²) in [5, 5.41) is 10.7. The van der Waals surface area contributed by atoms with Crippen LogP contribution in [0.3, 0.4) is 0 Å². The van der Waals surface area contributed by atoms with Crippen molar-refractivity contribution in [3.8, 4) is 11.3 Å². The Balaban J connectivity index is 1.86. The number of non-ortho nitro benzene ring substituents is 1. The van der Waals surface area contributed by atoms with Crippen molar-refractivity contribution in [2.45, 2.75) is 19.3 Å². The van der Waals surface area contributed by atoms with E-state index >= 15 is 0 Å². The lowest BCUT2D eigenvalue weighted by Crippen LogP contribution is -2.30. The van der Waals surface area contributed by atoms with Gasteiger partial charge in [-0.05, 0) is 37.5 Å². The first-order chi connectivity index (χ1) is 10.2. The molecule has 0 spiro atoms. The summed E-state index contributed by atoms with van der Waals surface area (Å²) in [5.41, 5.74) is 1.74. The molecule has 1 aliphatic heterocycles. The van der Waals surface area contributed by atoms with E-state index in [2.05, 4.69) is 14.9 Å². The lowest BCUT2D eigenvalue weighted by atomic mass is 10.1. The van der Waals surface area contributed by atoms with Gasteiger partial charge in [0.25, 0.3) is 5.69 Å². The monoisotopic (exact) mass is 284 g/mol. The predicted molar refractivity (Wildman–Crippen MR) is 80.2 cm³/mol. The first-order valence-electron chi connectivity index (χ1n) is 7.07. The minimum absolute atomic E-state index is 0.0871. The molecule has 2 aromatic rings. The molecule has 2 heterocycles. The van der Waals surface area contributed by atoms with Crippen molar-refractivity contribution in [1.82, 2.24) is 9.97 Å². The second kappa shape index (κ2) is 5.87. The van der Waals surface area contributed by atoms with Gasteiger partial charge in [0.2, 0.25) is 5.95 Å². The van der Waals surface area contributed by atoms with Gasteiger partial charge in [0, 0.05) is 37.0 Å². The molecule has 1 aliphatic rings. The maximum Gasteiger partial charge on any atom is 0.269 e. The highest BCUT2D eigenvalue weighted by Crippen LogP contribution is 2.23. The zero-order chi connectivity index (χ0) is 14.7. The van der Waals surface area contributed by atoms with Crippen molar-refractivity contribution in [1.29, 1.82) is 0 Å². The lowest BCUT2D eigenvalue weighted by molar-refractivity contribution is -0.384. The maximum absolute atomic E-state index is 10.7. The SMILES string of the molecule is O=[N+]([O-])c1ccc(-c2ccnc(N3CCCCC3)n2)cc1. The Hall–Kier alpha value is -2.50. The number of piperidine rings is 1. The summed E-state index contributed by atoms with van der Waals surface area (Å²) in [4.78, 5) is 21.4. The summed E-state index contributed by atoms with van der Waals surface area (Å²) >= 11 is 0. The van der Waals surface area contributed by atoms with Gasteiger partial charge >= 0.3 is 0 Å². The van der Waals surface area contributed by atoms with E-state index in [0.29, 0.717) is 0 Å². The number of nitrogens with zero attached hydrogens (tertiary/aromatic N) is 4. The Morgan fingerprint density at radius 3 is 2.43 bits per heavy atom. The van der Waals surface area contributed by atoms with Gasteiger partial charge in [0.15, 0.2) is 0 Å². The highest BCUT2D eigenvalue weighted by molar-refractivity contribution is 5.61. The summed E-state index contributed by atoms with van der Waals surface area (Å²) in [6.45, 7) is 1.98. The summed E-state index contributed by atoms with van der Waals surface area (Å²) in [5.74, 6) is 0.741. The van der Waals surface area contributed by atoms with Crippen molar-refractivity contribution in [2.24, 2.45) is 0 Å². The van der Waals surface area contributed by atoms with E-state index in [0.717, 1.165) is 30.3 Å². The summed E-state index contributed by atoms with van der Waals surface area (Å²) in [6.07, 6.45) is 5.35. The molecule has 1 aromatic heterocycles. The van der Waals surface area contributed by atoms with Crippen LogP contribution in [0, 0.1) is 10.1 Å². The third-order valence-corrected chi connectivity index (χ3v) is 3.66. The molecule has 6 nitrogen and oxygen atoms in total. The topological polar surface area (TPSA) is 72.2 Å². The zero-order valence-corrected chi connectivity index (χ0v) is 11.6. The van der Waals surface area contributed by atoms with Crippen molar-refractivity contribution in [2.75, 3.05) is 18.0 Å². The Morgan fingerprint density at radius 2 is 1.76 bits per heavy atom. The molecule has 1 fully saturated rings. The fourth-order valence-electron chi connectivity index (χ4n) is 2.51. The fraction of sp³-hybridized carbons (Fsp3) is 0.333. The van der Waals surface area contributed by atoms with Gasteiger partial charge in [0.1, 0.15) is 0 Å². The summed E-state index contributed by atoms with van der Waals surface area (Å²) < 4.78 is 0. The van der Waals surface area contributed by atoms with Crippen molar-refractivity contribution in [3.63, 3.8) is 0 Å². The van der Waals surface area contributed by atoms with Gasteiger partial charge < -0.3 is 4.90 Å². The second-order valence-corrected chi connectivity index (χ2v) is 5.09. The normalized spacial score (nSPS) is 15.0. The van der Waals surface area contributed by atoms with Crippen LogP contribution in [0.15, 0.2) is 36.5 Å². The predicted octanol–water partition coefficient (Wildman–Crippen LogP) is 3.04. The van der Waals surface area contributed by atoms with Crippen LogP contribution in [0.5, 0.6) is 0 Å². The molecule has 108 valence electrons. The molecule has 1 aromatic carbocycles. The number of benzene rings is 1. The highest BCUT2D eigenvalue weighted by Gasteiger charge is 2.14. The molecule has 0 unspecified atom stereocenters.